The number of carboxylic acids is 1. The Bertz CT molecular complexity index is 769. The molecule has 0 aliphatic heterocycles. The fraction of sp³-hybridized carbons (Fsp3) is 0.182. The zero-order chi connectivity index (χ0) is 14.9. The molecule has 0 fully saturated rings. The van der Waals surface area contributed by atoms with Crippen LogP contribution in [-0.2, 0) is 15.6 Å². The predicted octanol–water partition coefficient (Wildman–Crippen LogP) is 1.19. The number of carboxylic acid groups (broad SMARTS) is 1. The smallest absolute Gasteiger partial charge is 0.335 e. The van der Waals surface area contributed by atoms with Gasteiger partial charge in [-0.25, -0.2) is 22.2 Å². The first-order valence-electron chi connectivity index (χ1n) is 5.35. The summed E-state index contributed by atoms with van der Waals surface area (Å²) in [7, 11) is -4.01. The van der Waals surface area contributed by atoms with Crippen molar-refractivity contribution in [2.24, 2.45) is 0 Å². The Morgan fingerprint density at radius 1 is 1.40 bits per heavy atom. The summed E-state index contributed by atoms with van der Waals surface area (Å²) in [5.41, 5.74) is 0.0311. The van der Waals surface area contributed by atoms with Gasteiger partial charge in [-0.3, -0.25) is 0 Å². The van der Waals surface area contributed by atoms with E-state index in [2.05, 4.69) is 14.9 Å². The molecular formula is C11H9FN2O5S. The molecule has 0 saturated carbocycles. The molecule has 0 amide bonds. The summed E-state index contributed by atoms with van der Waals surface area (Å²) in [6.07, 6.45) is 0. The van der Waals surface area contributed by atoms with Gasteiger partial charge in [-0.15, -0.1) is 0 Å². The molecule has 2 aromatic rings. The Kier molecular flexibility index (Phi) is 3.53. The molecule has 7 nitrogen and oxygen atoms in total. The Balaban J connectivity index is 2.40. The van der Waals surface area contributed by atoms with E-state index in [-0.39, 0.29) is 17.0 Å². The Labute approximate surface area is 112 Å². The van der Waals surface area contributed by atoms with Crippen molar-refractivity contribution in [1.82, 2.24) is 10.3 Å². The lowest BCUT2D eigenvalue weighted by Gasteiger charge is -2.05. The number of halogens is 1. The summed E-state index contributed by atoms with van der Waals surface area (Å²) in [5, 5.41) is 15.6. The summed E-state index contributed by atoms with van der Waals surface area (Å²) >= 11 is 0. The van der Waals surface area contributed by atoms with Gasteiger partial charge < -0.3 is 5.11 Å². The maximum atomic E-state index is 13.7. The third kappa shape index (κ3) is 2.67. The van der Waals surface area contributed by atoms with Crippen LogP contribution < -0.4 is 0 Å². The zero-order valence-electron chi connectivity index (χ0n) is 10.2. The Hall–Kier alpha value is -2.29. The molecule has 0 bridgehead atoms. The molecule has 1 aromatic heterocycles. The number of aryl methyl sites for hydroxylation is 1. The lowest BCUT2D eigenvalue weighted by molar-refractivity contribution is 0.0696. The zero-order valence-corrected chi connectivity index (χ0v) is 11.0. The number of carbonyl (C=O) groups is 1. The lowest BCUT2D eigenvalue weighted by Crippen LogP contribution is -2.09. The van der Waals surface area contributed by atoms with Gasteiger partial charge in [-0.2, -0.15) is 0 Å². The lowest BCUT2D eigenvalue weighted by atomic mass is 10.2. The van der Waals surface area contributed by atoms with Crippen molar-refractivity contribution in [2.75, 3.05) is 0 Å². The van der Waals surface area contributed by atoms with Crippen LogP contribution in [0.4, 0.5) is 4.39 Å². The van der Waals surface area contributed by atoms with Crippen LogP contribution in [0.25, 0.3) is 0 Å². The highest BCUT2D eigenvalue weighted by Gasteiger charge is 2.24. The molecule has 0 saturated heterocycles. The van der Waals surface area contributed by atoms with Crippen LogP contribution in [0.5, 0.6) is 0 Å². The van der Waals surface area contributed by atoms with Crippen molar-refractivity contribution in [1.29, 1.82) is 0 Å². The quantitative estimate of drug-likeness (QED) is 0.902. The molecule has 0 spiro atoms. The first-order chi connectivity index (χ1) is 9.31. The van der Waals surface area contributed by atoms with Crippen LogP contribution in [0.2, 0.25) is 0 Å². The minimum atomic E-state index is -4.01. The highest BCUT2D eigenvalue weighted by atomic mass is 32.2. The van der Waals surface area contributed by atoms with Gasteiger partial charge >= 0.3 is 5.97 Å². The molecule has 1 heterocycles. The van der Waals surface area contributed by atoms with Gasteiger partial charge in [0.1, 0.15) is 27.9 Å². The number of hydrogen-bond acceptors (Lipinski definition) is 6. The highest BCUT2D eigenvalue weighted by molar-refractivity contribution is 7.90. The van der Waals surface area contributed by atoms with E-state index in [9.17, 15) is 17.6 Å². The molecule has 1 N–H and O–H groups in total. The normalized spacial score (nSPS) is 11.5. The average molecular weight is 300 g/mol. The van der Waals surface area contributed by atoms with Gasteiger partial charge in [0.05, 0.1) is 5.56 Å². The first-order valence-corrected chi connectivity index (χ1v) is 7.00. The molecule has 9 heteroatoms. The number of hydrogen-bond donors (Lipinski definition) is 1. The maximum absolute atomic E-state index is 13.7. The molecule has 0 unspecified atom stereocenters. The van der Waals surface area contributed by atoms with E-state index < -0.39 is 32.3 Å². The van der Waals surface area contributed by atoms with Crippen molar-refractivity contribution in [3.05, 3.63) is 41.0 Å². The summed E-state index contributed by atoms with van der Waals surface area (Å²) in [6, 6.07) is 2.59. The number of sulfone groups is 1. The van der Waals surface area contributed by atoms with Crippen LogP contribution in [0.3, 0.4) is 0 Å². The number of aromatic nitrogens is 2. The molecule has 106 valence electrons. The molecule has 1 aromatic carbocycles. The van der Waals surface area contributed by atoms with Crippen molar-refractivity contribution in [2.45, 2.75) is 17.6 Å². The van der Waals surface area contributed by atoms with Gasteiger partial charge in [0.25, 0.3) is 0 Å². The van der Waals surface area contributed by atoms with Crippen LogP contribution in [-0.4, -0.2) is 29.8 Å². The maximum Gasteiger partial charge on any atom is 0.335 e. The number of aromatic carboxylic acids is 1. The molecule has 0 radical (unpaired) electrons. The standard InChI is InChI=1S/C11H9FN2O5S/c1-6-9(14-19-13-6)5-20(17,18)10-3-2-7(11(15)16)4-8(10)12/h2-4H,5H2,1H3,(H,15,16). The van der Waals surface area contributed by atoms with E-state index in [1.165, 1.54) is 6.92 Å². The highest BCUT2D eigenvalue weighted by Crippen LogP contribution is 2.21. The fourth-order valence-electron chi connectivity index (χ4n) is 1.52. The number of rotatable bonds is 4. The van der Waals surface area contributed by atoms with Gasteiger partial charge in [-0.05, 0) is 25.1 Å². The van der Waals surface area contributed by atoms with E-state index in [0.29, 0.717) is 6.07 Å². The van der Waals surface area contributed by atoms with Crippen molar-refractivity contribution >= 4 is 15.8 Å². The topological polar surface area (TPSA) is 110 Å². The third-order valence-electron chi connectivity index (χ3n) is 2.59. The van der Waals surface area contributed by atoms with Gasteiger partial charge in [-0.1, -0.05) is 10.3 Å². The summed E-state index contributed by atoms with van der Waals surface area (Å²) < 4.78 is 42.2. The van der Waals surface area contributed by atoms with Crippen LogP contribution in [0, 0.1) is 12.7 Å². The van der Waals surface area contributed by atoms with Crippen LogP contribution in [0.1, 0.15) is 21.7 Å². The van der Waals surface area contributed by atoms with Crippen molar-refractivity contribution < 1.29 is 27.3 Å². The van der Waals surface area contributed by atoms with E-state index >= 15 is 0 Å². The van der Waals surface area contributed by atoms with E-state index in [0.717, 1.165) is 12.1 Å². The van der Waals surface area contributed by atoms with Gasteiger partial charge in [0, 0.05) is 0 Å². The van der Waals surface area contributed by atoms with Crippen molar-refractivity contribution in [3.8, 4) is 0 Å². The van der Waals surface area contributed by atoms with E-state index in [4.69, 9.17) is 5.11 Å². The van der Waals surface area contributed by atoms with E-state index in [1.54, 1.807) is 0 Å². The first kappa shape index (κ1) is 14.1. The average Bonchev–Trinajstić information content (AvgIpc) is 2.73. The number of benzene rings is 1. The second kappa shape index (κ2) is 5.00. The van der Waals surface area contributed by atoms with Crippen molar-refractivity contribution in [3.63, 3.8) is 0 Å². The van der Waals surface area contributed by atoms with E-state index in [1.807, 2.05) is 0 Å². The predicted molar refractivity (Wildman–Crippen MR) is 63.3 cm³/mol. The van der Waals surface area contributed by atoms with Gasteiger partial charge in [0.15, 0.2) is 9.84 Å². The molecule has 0 atom stereocenters. The van der Waals surface area contributed by atoms with Crippen LogP contribution >= 0.6 is 0 Å². The molecule has 20 heavy (non-hydrogen) atoms. The fourth-order valence-corrected chi connectivity index (χ4v) is 2.93. The second-order valence-corrected chi connectivity index (χ2v) is 5.96. The Morgan fingerprint density at radius 2 is 2.10 bits per heavy atom. The van der Waals surface area contributed by atoms with Crippen LogP contribution in [0.15, 0.2) is 27.7 Å². The number of nitrogens with zero attached hydrogens (tertiary/aromatic N) is 2. The molecule has 2 rings (SSSR count). The SMILES string of the molecule is Cc1nonc1CS(=O)(=O)c1ccc(C(=O)O)cc1F. The third-order valence-corrected chi connectivity index (χ3v) is 4.24. The largest absolute Gasteiger partial charge is 0.478 e. The molecular weight excluding hydrogens is 291 g/mol. The summed E-state index contributed by atoms with van der Waals surface area (Å²) in [5.74, 6) is -3.05. The van der Waals surface area contributed by atoms with Gasteiger partial charge in [0.2, 0.25) is 0 Å². The molecule has 0 aliphatic carbocycles. The Morgan fingerprint density at radius 3 is 2.60 bits per heavy atom. The monoisotopic (exact) mass is 300 g/mol. The minimum Gasteiger partial charge on any atom is -0.478 e. The second-order valence-electron chi connectivity index (χ2n) is 4.01. The molecule has 0 aliphatic rings. The minimum absolute atomic E-state index is 0.0757. The summed E-state index contributed by atoms with van der Waals surface area (Å²) in [4.78, 5) is 10.1. The summed E-state index contributed by atoms with van der Waals surface area (Å²) in [6.45, 7) is 1.51.